The number of hydrogen-bond acceptors (Lipinski definition) is 2. The average molecular weight is 139 g/mol. The predicted molar refractivity (Wildman–Crippen MR) is 34.3 cm³/mol. The second-order valence-corrected chi connectivity index (χ2v) is 3.04. The van der Waals surface area contributed by atoms with Crippen molar-refractivity contribution >= 4 is 11.7 Å². The van der Waals surface area contributed by atoms with Crippen molar-refractivity contribution in [2.75, 3.05) is 0 Å². The van der Waals surface area contributed by atoms with Crippen LogP contribution in [0, 0.1) is 5.92 Å². The van der Waals surface area contributed by atoms with E-state index in [1.165, 1.54) is 0 Å². The van der Waals surface area contributed by atoms with Crippen LogP contribution in [-0.2, 0) is 9.59 Å². The second kappa shape index (κ2) is 1.81. The number of ketones is 1. The molecule has 1 aliphatic carbocycles. The highest BCUT2D eigenvalue weighted by Crippen LogP contribution is 2.29. The smallest absolute Gasteiger partial charge is 0.287 e. The van der Waals surface area contributed by atoms with E-state index in [1.807, 2.05) is 0 Å². The molecule has 0 aromatic heterocycles. The van der Waals surface area contributed by atoms with Gasteiger partial charge in [-0.15, -0.1) is 0 Å². The average Bonchev–Trinajstić information content (AvgIpc) is 2.29. The summed E-state index contributed by atoms with van der Waals surface area (Å²) in [6.45, 7) is 0. The Morgan fingerprint density at radius 2 is 2.10 bits per heavy atom. The van der Waals surface area contributed by atoms with Crippen LogP contribution in [0.1, 0.15) is 19.3 Å². The molecule has 10 heavy (non-hydrogen) atoms. The van der Waals surface area contributed by atoms with Gasteiger partial charge in [0.15, 0.2) is 0 Å². The molecule has 0 spiro atoms. The van der Waals surface area contributed by atoms with Crippen molar-refractivity contribution in [2.24, 2.45) is 5.92 Å². The molecule has 3 heteroatoms. The predicted octanol–water partition coefficient (Wildman–Crippen LogP) is -0.146. The molecule has 1 heterocycles. The van der Waals surface area contributed by atoms with Crippen molar-refractivity contribution in [3.05, 3.63) is 0 Å². The number of amides is 1. The van der Waals surface area contributed by atoms with Crippen LogP contribution in [-0.4, -0.2) is 17.7 Å². The molecule has 2 bridgehead atoms. The maximum absolute atomic E-state index is 11.0. The van der Waals surface area contributed by atoms with Gasteiger partial charge in [0.05, 0.1) is 0 Å². The van der Waals surface area contributed by atoms with E-state index < -0.39 is 0 Å². The van der Waals surface area contributed by atoms with Crippen molar-refractivity contribution in [3.8, 4) is 0 Å². The number of hydrogen-bond donors (Lipinski definition) is 1. The zero-order valence-electron chi connectivity index (χ0n) is 5.59. The van der Waals surface area contributed by atoms with Crippen LogP contribution in [0.2, 0.25) is 0 Å². The molecular formula is C7H9NO2. The van der Waals surface area contributed by atoms with Gasteiger partial charge >= 0.3 is 0 Å². The third kappa shape index (κ3) is 0.664. The number of Topliss-reactive ketones (excluding diaryl/α,β-unsaturated/α-hetero) is 1. The van der Waals surface area contributed by atoms with E-state index in [0.717, 1.165) is 19.3 Å². The van der Waals surface area contributed by atoms with E-state index >= 15 is 0 Å². The topological polar surface area (TPSA) is 46.2 Å². The third-order valence-corrected chi connectivity index (χ3v) is 2.36. The normalized spacial score (nSPS) is 38.0. The first-order chi connectivity index (χ1) is 4.77. The highest BCUT2D eigenvalue weighted by Gasteiger charge is 2.39. The van der Waals surface area contributed by atoms with Crippen LogP contribution in [0.5, 0.6) is 0 Å². The summed E-state index contributed by atoms with van der Waals surface area (Å²) in [6.07, 6.45) is 2.77. The lowest BCUT2D eigenvalue weighted by Crippen LogP contribution is -2.44. The maximum Gasteiger partial charge on any atom is 0.287 e. The molecule has 2 atom stereocenters. The van der Waals surface area contributed by atoms with Crippen molar-refractivity contribution < 1.29 is 9.59 Å². The van der Waals surface area contributed by atoms with Crippen LogP contribution in [0.4, 0.5) is 0 Å². The number of piperidine rings is 1. The molecule has 2 aliphatic rings. The van der Waals surface area contributed by atoms with Gasteiger partial charge in [-0.05, 0) is 19.3 Å². The van der Waals surface area contributed by atoms with E-state index in [4.69, 9.17) is 0 Å². The summed E-state index contributed by atoms with van der Waals surface area (Å²) >= 11 is 0. The Labute approximate surface area is 58.8 Å². The van der Waals surface area contributed by atoms with E-state index in [9.17, 15) is 9.59 Å². The Bertz CT molecular complexity index is 200. The molecule has 0 unspecified atom stereocenters. The fraction of sp³-hybridized carbons (Fsp3) is 0.714. The summed E-state index contributed by atoms with van der Waals surface area (Å²) in [7, 11) is 0. The Kier molecular flexibility index (Phi) is 1.07. The minimum Gasteiger partial charge on any atom is -0.347 e. The van der Waals surface area contributed by atoms with Crippen LogP contribution in [0.3, 0.4) is 0 Å². The minimum atomic E-state index is -0.362. The monoisotopic (exact) mass is 139 g/mol. The fourth-order valence-corrected chi connectivity index (χ4v) is 1.79. The standard InChI is InChI=1S/C7H9NO2/c9-6-4-1-2-5(3-4)8-7(6)10/h4-5H,1-3H2,(H,8,10)/t4-,5+/m1/s1. The molecule has 1 amide bonds. The summed E-state index contributed by atoms with van der Waals surface area (Å²) in [5.41, 5.74) is 0. The van der Waals surface area contributed by atoms with Gasteiger partial charge < -0.3 is 5.32 Å². The molecule has 0 aromatic rings. The molecule has 2 fully saturated rings. The SMILES string of the molecule is O=C1N[C@H]2CC[C@H](C2)C1=O. The number of carbonyl (C=O) groups excluding carboxylic acids is 2. The van der Waals surface area contributed by atoms with Crippen LogP contribution < -0.4 is 5.32 Å². The van der Waals surface area contributed by atoms with Crippen LogP contribution >= 0.6 is 0 Å². The van der Waals surface area contributed by atoms with Gasteiger partial charge in [-0.2, -0.15) is 0 Å². The van der Waals surface area contributed by atoms with Gasteiger partial charge in [-0.3, -0.25) is 9.59 Å². The summed E-state index contributed by atoms with van der Waals surface area (Å²) in [5, 5.41) is 2.67. The molecule has 1 saturated heterocycles. The highest BCUT2D eigenvalue weighted by atomic mass is 16.2. The molecule has 0 radical (unpaired) electrons. The van der Waals surface area contributed by atoms with E-state index in [1.54, 1.807) is 0 Å². The van der Waals surface area contributed by atoms with Crippen molar-refractivity contribution in [3.63, 3.8) is 0 Å². The summed E-state index contributed by atoms with van der Waals surface area (Å²) in [5.74, 6) is -0.508. The minimum absolute atomic E-state index is 0.0544. The van der Waals surface area contributed by atoms with Gasteiger partial charge in [0.2, 0.25) is 5.78 Å². The molecule has 0 aromatic carbocycles. The number of rotatable bonds is 0. The molecular weight excluding hydrogens is 130 g/mol. The summed E-state index contributed by atoms with van der Waals surface area (Å²) < 4.78 is 0. The van der Waals surface area contributed by atoms with Gasteiger partial charge in [-0.1, -0.05) is 0 Å². The van der Waals surface area contributed by atoms with E-state index in [2.05, 4.69) is 5.32 Å². The van der Waals surface area contributed by atoms with Gasteiger partial charge in [-0.25, -0.2) is 0 Å². The van der Waals surface area contributed by atoms with E-state index in [0.29, 0.717) is 6.04 Å². The number of fused-ring (bicyclic) bond motifs is 2. The van der Waals surface area contributed by atoms with Crippen molar-refractivity contribution in [1.82, 2.24) is 5.32 Å². The number of carbonyl (C=O) groups is 2. The van der Waals surface area contributed by atoms with Crippen LogP contribution in [0.25, 0.3) is 0 Å². The molecule has 1 aliphatic heterocycles. The molecule has 2 rings (SSSR count). The lowest BCUT2D eigenvalue weighted by atomic mass is 9.99. The Hall–Kier alpha value is -0.860. The van der Waals surface area contributed by atoms with Crippen LogP contribution in [0.15, 0.2) is 0 Å². The zero-order chi connectivity index (χ0) is 7.14. The third-order valence-electron chi connectivity index (χ3n) is 2.36. The maximum atomic E-state index is 11.0. The van der Waals surface area contributed by atoms with Crippen molar-refractivity contribution in [2.45, 2.75) is 25.3 Å². The number of nitrogens with one attached hydrogen (secondary N) is 1. The Balaban J connectivity index is 2.24. The summed E-state index contributed by atoms with van der Waals surface area (Å²) in [6, 6.07) is 0.301. The Morgan fingerprint density at radius 3 is 2.90 bits per heavy atom. The highest BCUT2D eigenvalue weighted by molar-refractivity contribution is 6.37. The Morgan fingerprint density at radius 1 is 1.30 bits per heavy atom. The first-order valence-corrected chi connectivity index (χ1v) is 3.62. The molecule has 3 nitrogen and oxygen atoms in total. The first-order valence-electron chi connectivity index (χ1n) is 3.62. The largest absolute Gasteiger partial charge is 0.347 e. The first kappa shape index (κ1) is 5.89. The van der Waals surface area contributed by atoms with E-state index in [-0.39, 0.29) is 17.6 Å². The fourth-order valence-electron chi connectivity index (χ4n) is 1.79. The van der Waals surface area contributed by atoms with Gasteiger partial charge in [0, 0.05) is 12.0 Å². The molecule has 1 saturated carbocycles. The molecule has 1 N–H and O–H groups in total. The quantitative estimate of drug-likeness (QED) is 0.474. The lowest BCUT2D eigenvalue weighted by Gasteiger charge is -2.17. The van der Waals surface area contributed by atoms with Crippen molar-refractivity contribution in [1.29, 1.82) is 0 Å². The van der Waals surface area contributed by atoms with Gasteiger partial charge in [0.1, 0.15) is 0 Å². The molecule has 54 valence electrons. The lowest BCUT2D eigenvalue weighted by molar-refractivity contribution is -0.141. The summed E-state index contributed by atoms with van der Waals surface area (Å²) in [4.78, 5) is 21.8. The van der Waals surface area contributed by atoms with Gasteiger partial charge in [0.25, 0.3) is 5.91 Å². The zero-order valence-corrected chi connectivity index (χ0v) is 5.59. The second-order valence-electron chi connectivity index (χ2n) is 3.04.